The number of carbonyl (C=O) groups is 2. The van der Waals surface area contributed by atoms with Gasteiger partial charge in [-0.15, -0.1) is 0 Å². The fourth-order valence-corrected chi connectivity index (χ4v) is 2.53. The molecule has 3 aromatic rings. The van der Waals surface area contributed by atoms with Crippen molar-refractivity contribution in [3.63, 3.8) is 0 Å². The second kappa shape index (κ2) is 9.15. The standard InChI is InChI=1S/C21H19N3O3/c25-20(24-22-15-18-12-7-13-27-18)14-19(16-8-3-1-4-9-16)23-21(26)17-10-5-2-6-11-17/h1-13,15,19H,14H2,(H,23,26)(H,24,25)/b22-15+. The van der Waals surface area contributed by atoms with Crippen LogP contribution in [-0.2, 0) is 4.79 Å². The Hall–Kier alpha value is -3.67. The number of nitrogens with one attached hydrogen (secondary N) is 2. The molecule has 2 aromatic carbocycles. The molecule has 6 heteroatoms. The molecule has 0 spiro atoms. The van der Waals surface area contributed by atoms with Gasteiger partial charge >= 0.3 is 0 Å². The van der Waals surface area contributed by atoms with Crippen LogP contribution in [0, 0.1) is 0 Å². The van der Waals surface area contributed by atoms with Crippen molar-refractivity contribution in [2.45, 2.75) is 12.5 Å². The molecule has 0 aliphatic heterocycles. The van der Waals surface area contributed by atoms with Gasteiger partial charge in [0.15, 0.2) is 0 Å². The van der Waals surface area contributed by atoms with Crippen molar-refractivity contribution < 1.29 is 14.0 Å². The first-order valence-electron chi connectivity index (χ1n) is 8.48. The second-order valence-electron chi connectivity index (χ2n) is 5.82. The smallest absolute Gasteiger partial charge is 0.251 e. The van der Waals surface area contributed by atoms with Gasteiger partial charge in [0.1, 0.15) is 5.76 Å². The zero-order chi connectivity index (χ0) is 18.9. The molecule has 1 heterocycles. The molecular weight excluding hydrogens is 342 g/mol. The van der Waals surface area contributed by atoms with Crippen molar-refractivity contribution in [1.82, 2.24) is 10.7 Å². The van der Waals surface area contributed by atoms with E-state index in [-0.39, 0.29) is 18.2 Å². The van der Waals surface area contributed by atoms with E-state index in [0.717, 1.165) is 5.56 Å². The highest BCUT2D eigenvalue weighted by molar-refractivity contribution is 5.94. The monoisotopic (exact) mass is 361 g/mol. The maximum absolute atomic E-state index is 12.5. The second-order valence-corrected chi connectivity index (χ2v) is 5.82. The average molecular weight is 361 g/mol. The summed E-state index contributed by atoms with van der Waals surface area (Å²) < 4.78 is 5.11. The summed E-state index contributed by atoms with van der Waals surface area (Å²) in [6.07, 6.45) is 2.99. The number of rotatable bonds is 7. The molecule has 0 aliphatic rings. The first kappa shape index (κ1) is 18.1. The van der Waals surface area contributed by atoms with Crippen molar-refractivity contribution in [2.24, 2.45) is 5.10 Å². The SMILES string of the molecule is O=C(CC(NC(=O)c1ccccc1)c1ccccc1)N/N=C/c1ccco1. The number of benzene rings is 2. The Morgan fingerprint density at radius 1 is 0.963 bits per heavy atom. The van der Waals surface area contributed by atoms with Crippen LogP contribution in [0.2, 0.25) is 0 Å². The van der Waals surface area contributed by atoms with Gasteiger partial charge < -0.3 is 9.73 Å². The van der Waals surface area contributed by atoms with E-state index in [2.05, 4.69) is 15.8 Å². The van der Waals surface area contributed by atoms with E-state index in [0.29, 0.717) is 11.3 Å². The summed E-state index contributed by atoms with van der Waals surface area (Å²) in [5, 5.41) is 6.78. The number of amides is 2. The third-order valence-electron chi connectivity index (χ3n) is 3.86. The van der Waals surface area contributed by atoms with E-state index < -0.39 is 6.04 Å². The van der Waals surface area contributed by atoms with Gasteiger partial charge in [-0.3, -0.25) is 9.59 Å². The molecule has 0 bridgehead atoms. The zero-order valence-electron chi connectivity index (χ0n) is 14.5. The third-order valence-corrected chi connectivity index (χ3v) is 3.86. The highest BCUT2D eigenvalue weighted by Gasteiger charge is 2.19. The maximum Gasteiger partial charge on any atom is 0.251 e. The Kier molecular flexibility index (Phi) is 6.14. The summed E-state index contributed by atoms with van der Waals surface area (Å²) in [7, 11) is 0. The van der Waals surface area contributed by atoms with Crippen LogP contribution in [0.1, 0.15) is 34.1 Å². The molecule has 27 heavy (non-hydrogen) atoms. The Balaban J connectivity index is 1.66. The number of carbonyl (C=O) groups excluding carboxylic acids is 2. The molecule has 2 amide bonds. The molecule has 3 rings (SSSR count). The Morgan fingerprint density at radius 3 is 2.33 bits per heavy atom. The molecule has 0 fully saturated rings. The average Bonchev–Trinajstić information content (AvgIpc) is 3.22. The van der Waals surface area contributed by atoms with Gasteiger partial charge in [0.05, 0.1) is 24.9 Å². The third kappa shape index (κ3) is 5.40. The predicted octanol–water partition coefficient (Wildman–Crippen LogP) is 3.29. The summed E-state index contributed by atoms with van der Waals surface area (Å²) in [6, 6.07) is 21.2. The summed E-state index contributed by atoms with van der Waals surface area (Å²) in [6.45, 7) is 0. The first-order valence-corrected chi connectivity index (χ1v) is 8.48. The molecule has 0 aliphatic carbocycles. The summed E-state index contributed by atoms with van der Waals surface area (Å²) in [5.74, 6) is -0.0244. The van der Waals surface area contributed by atoms with Crippen LogP contribution < -0.4 is 10.7 Å². The molecule has 0 saturated heterocycles. The van der Waals surface area contributed by atoms with Crippen LogP contribution in [0.5, 0.6) is 0 Å². The van der Waals surface area contributed by atoms with Gasteiger partial charge in [-0.25, -0.2) is 5.43 Å². The summed E-state index contributed by atoms with van der Waals surface area (Å²) in [4.78, 5) is 24.8. The highest BCUT2D eigenvalue weighted by atomic mass is 16.3. The van der Waals surface area contributed by atoms with Crippen LogP contribution in [0.3, 0.4) is 0 Å². The lowest BCUT2D eigenvalue weighted by Gasteiger charge is -2.18. The van der Waals surface area contributed by atoms with Crippen molar-refractivity contribution in [2.75, 3.05) is 0 Å². The van der Waals surface area contributed by atoms with Crippen LogP contribution in [-0.4, -0.2) is 18.0 Å². The number of hydrogen-bond acceptors (Lipinski definition) is 4. The molecule has 0 saturated carbocycles. The molecule has 136 valence electrons. The van der Waals surface area contributed by atoms with Crippen LogP contribution in [0.4, 0.5) is 0 Å². The van der Waals surface area contributed by atoms with Crippen LogP contribution in [0.15, 0.2) is 88.6 Å². The van der Waals surface area contributed by atoms with E-state index >= 15 is 0 Å². The van der Waals surface area contributed by atoms with Crippen LogP contribution >= 0.6 is 0 Å². The number of hydrazone groups is 1. The minimum atomic E-state index is -0.474. The van der Waals surface area contributed by atoms with Gasteiger partial charge in [-0.1, -0.05) is 48.5 Å². The minimum Gasteiger partial charge on any atom is -0.463 e. The summed E-state index contributed by atoms with van der Waals surface area (Å²) >= 11 is 0. The minimum absolute atomic E-state index is 0.0537. The quantitative estimate of drug-likeness (QED) is 0.500. The van der Waals surface area contributed by atoms with Gasteiger partial charge in [0.2, 0.25) is 5.91 Å². The van der Waals surface area contributed by atoms with Gasteiger partial charge in [0, 0.05) is 5.56 Å². The van der Waals surface area contributed by atoms with Gasteiger partial charge in [0.25, 0.3) is 5.91 Å². The highest BCUT2D eigenvalue weighted by Crippen LogP contribution is 2.17. The molecule has 1 aromatic heterocycles. The van der Waals surface area contributed by atoms with Gasteiger partial charge in [-0.05, 0) is 29.8 Å². The molecule has 1 atom stereocenters. The Morgan fingerprint density at radius 2 is 1.67 bits per heavy atom. The largest absolute Gasteiger partial charge is 0.463 e. The lowest BCUT2D eigenvalue weighted by molar-refractivity contribution is -0.121. The first-order chi connectivity index (χ1) is 13.2. The van der Waals surface area contributed by atoms with E-state index in [4.69, 9.17) is 4.42 Å². The zero-order valence-corrected chi connectivity index (χ0v) is 14.5. The number of furan rings is 1. The topological polar surface area (TPSA) is 83.7 Å². The maximum atomic E-state index is 12.5. The summed E-state index contributed by atoms with van der Waals surface area (Å²) in [5.41, 5.74) is 3.83. The Bertz CT molecular complexity index is 891. The van der Waals surface area contributed by atoms with Gasteiger partial charge in [-0.2, -0.15) is 5.10 Å². The fourth-order valence-electron chi connectivity index (χ4n) is 2.53. The molecule has 6 nitrogen and oxygen atoms in total. The molecule has 2 N–H and O–H groups in total. The van der Waals surface area contributed by atoms with E-state index in [1.165, 1.54) is 12.5 Å². The molecular formula is C21H19N3O3. The van der Waals surface area contributed by atoms with Crippen molar-refractivity contribution in [3.05, 3.63) is 95.9 Å². The molecule has 1 unspecified atom stereocenters. The Labute approximate surface area is 156 Å². The van der Waals surface area contributed by atoms with E-state index in [9.17, 15) is 9.59 Å². The lowest BCUT2D eigenvalue weighted by Crippen LogP contribution is -2.32. The van der Waals surface area contributed by atoms with Crippen molar-refractivity contribution in [1.29, 1.82) is 0 Å². The fraction of sp³-hybridized carbons (Fsp3) is 0.0952. The molecule has 0 radical (unpaired) electrons. The van der Waals surface area contributed by atoms with Crippen molar-refractivity contribution in [3.8, 4) is 0 Å². The predicted molar refractivity (Wildman–Crippen MR) is 102 cm³/mol. The lowest BCUT2D eigenvalue weighted by atomic mass is 10.0. The number of nitrogens with zero attached hydrogens (tertiary/aromatic N) is 1. The van der Waals surface area contributed by atoms with E-state index in [1.807, 2.05) is 36.4 Å². The normalized spacial score (nSPS) is 11.9. The van der Waals surface area contributed by atoms with Crippen LogP contribution in [0.25, 0.3) is 0 Å². The van der Waals surface area contributed by atoms with Crippen molar-refractivity contribution >= 4 is 18.0 Å². The number of hydrogen-bond donors (Lipinski definition) is 2. The van der Waals surface area contributed by atoms with E-state index in [1.54, 1.807) is 36.4 Å².